The molecule has 6 heteroatoms. The van der Waals surface area contributed by atoms with Crippen LogP contribution in [0.4, 0.5) is 17.1 Å². The number of benzene rings is 7. The van der Waals surface area contributed by atoms with Crippen molar-refractivity contribution < 1.29 is 17.9 Å². The van der Waals surface area contributed by atoms with Gasteiger partial charge in [-0.25, -0.2) is 8.42 Å². The zero-order valence-electron chi connectivity index (χ0n) is 31.8. The first-order valence-corrected chi connectivity index (χ1v) is 21.0. The normalized spacial score (nSPS) is 12.9. The predicted molar refractivity (Wildman–Crippen MR) is 231 cm³/mol. The Morgan fingerprint density at radius 2 is 0.912 bits per heavy atom. The molecule has 0 amide bonds. The van der Waals surface area contributed by atoms with Gasteiger partial charge in [-0.05, 0) is 126 Å². The van der Waals surface area contributed by atoms with E-state index in [2.05, 4.69) is 121 Å². The minimum Gasteiger partial charge on any atom is -0.494 e. The topological polar surface area (TPSA) is 55.8 Å². The standard InChI is InChI=1S/C51H45NO4S/c1-2-39-25-29-43(30-26-39)55-37-15-3-4-16-38-56-44-31-35-46(36-32-44)57(53,54)45-33-27-42(28-34-45)52-49-23-13-11-21-47(49)51(40-17-7-5-8-18-40,41-19-9-6-10-20-41)48-22-12-14-24-50(48)52/h2,5-14,17-36H,1,3-4,15-16,37-38H2. The molecule has 0 fully saturated rings. The van der Waals surface area contributed by atoms with Crippen LogP contribution in [-0.2, 0) is 15.3 Å². The highest BCUT2D eigenvalue weighted by Gasteiger charge is 2.46. The van der Waals surface area contributed by atoms with Gasteiger partial charge >= 0.3 is 0 Å². The van der Waals surface area contributed by atoms with Crippen LogP contribution in [0.3, 0.4) is 0 Å². The van der Waals surface area contributed by atoms with Gasteiger partial charge in [-0.1, -0.05) is 122 Å². The molecule has 57 heavy (non-hydrogen) atoms. The van der Waals surface area contributed by atoms with Gasteiger partial charge in [0.15, 0.2) is 0 Å². The Morgan fingerprint density at radius 3 is 1.39 bits per heavy atom. The van der Waals surface area contributed by atoms with E-state index >= 15 is 0 Å². The zero-order valence-corrected chi connectivity index (χ0v) is 32.7. The van der Waals surface area contributed by atoms with E-state index in [4.69, 9.17) is 9.47 Å². The highest BCUT2D eigenvalue weighted by Crippen LogP contribution is 2.57. The summed E-state index contributed by atoms with van der Waals surface area (Å²) in [6.45, 7) is 5.02. The van der Waals surface area contributed by atoms with Gasteiger partial charge in [-0.15, -0.1) is 0 Å². The van der Waals surface area contributed by atoms with E-state index < -0.39 is 15.3 Å². The van der Waals surface area contributed by atoms with Crippen LogP contribution in [0, 0.1) is 0 Å². The van der Waals surface area contributed by atoms with Gasteiger partial charge in [0, 0.05) is 5.69 Å². The van der Waals surface area contributed by atoms with Gasteiger partial charge in [0.25, 0.3) is 0 Å². The van der Waals surface area contributed by atoms with Crippen molar-refractivity contribution in [3.63, 3.8) is 0 Å². The summed E-state index contributed by atoms with van der Waals surface area (Å²) in [5.41, 5.74) is 8.11. The van der Waals surface area contributed by atoms with Gasteiger partial charge in [0.1, 0.15) is 11.5 Å². The number of nitrogens with zero attached hydrogens (tertiary/aromatic N) is 1. The minimum atomic E-state index is -3.77. The zero-order chi connectivity index (χ0) is 39.1. The summed E-state index contributed by atoms with van der Waals surface area (Å²) in [5.74, 6) is 1.52. The molecule has 1 aliphatic heterocycles. The first kappa shape index (κ1) is 37.5. The average molecular weight is 768 g/mol. The summed E-state index contributed by atoms with van der Waals surface area (Å²) < 4.78 is 39.5. The molecule has 0 saturated heterocycles. The molecule has 0 radical (unpaired) electrons. The number of rotatable bonds is 15. The molecule has 0 N–H and O–H groups in total. The van der Waals surface area contributed by atoms with Crippen LogP contribution in [0.15, 0.2) is 198 Å². The van der Waals surface area contributed by atoms with Crippen LogP contribution in [0.25, 0.3) is 6.08 Å². The number of ether oxygens (including phenoxy) is 2. The molecule has 7 aromatic rings. The van der Waals surface area contributed by atoms with E-state index in [1.807, 2.05) is 42.5 Å². The maximum atomic E-state index is 13.9. The number of unbranched alkanes of at least 4 members (excludes halogenated alkanes) is 3. The molecule has 8 rings (SSSR count). The summed E-state index contributed by atoms with van der Waals surface area (Å²) >= 11 is 0. The van der Waals surface area contributed by atoms with E-state index in [9.17, 15) is 8.42 Å². The van der Waals surface area contributed by atoms with Gasteiger partial charge < -0.3 is 14.4 Å². The molecule has 0 atom stereocenters. The predicted octanol–water partition coefficient (Wildman–Crippen LogP) is 12.3. The summed E-state index contributed by atoms with van der Waals surface area (Å²) in [6, 6.07) is 60.3. The fourth-order valence-electron chi connectivity index (χ4n) is 7.95. The Kier molecular flexibility index (Phi) is 11.1. The highest BCUT2D eigenvalue weighted by molar-refractivity contribution is 7.91. The molecule has 5 nitrogen and oxygen atoms in total. The van der Waals surface area contributed by atoms with Crippen LogP contribution in [-0.4, -0.2) is 21.6 Å². The van der Waals surface area contributed by atoms with Crippen LogP contribution < -0.4 is 14.4 Å². The summed E-state index contributed by atoms with van der Waals surface area (Å²) in [7, 11) is -3.77. The third-order valence-electron chi connectivity index (χ3n) is 10.7. The molecule has 0 saturated carbocycles. The van der Waals surface area contributed by atoms with E-state index in [0.717, 1.165) is 65.2 Å². The number of fused-ring (bicyclic) bond motifs is 2. The fourth-order valence-corrected chi connectivity index (χ4v) is 9.21. The lowest BCUT2D eigenvalue weighted by molar-refractivity contribution is 0.287. The smallest absolute Gasteiger partial charge is 0.206 e. The van der Waals surface area contributed by atoms with Crippen LogP contribution in [0.1, 0.15) is 53.5 Å². The quantitative estimate of drug-likeness (QED) is 0.0973. The van der Waals surface area contributed by atoms with Crippen molar-refractivity contribution in [3.8, 4) is 11.5 Å². The monoisotopic (exact) mass is 767 g/mol. The lowest BCUT2D eigenvalue weighted by atomic mass is 9.62. The van der Waals surface area contributed by atoms with Crippen LogP contribution in [0.5, 0.6) is 11.5 Å². The maximum Gasteiger partial charge on any atom is 0.206 e. The molecule has 0 bridgehead atoms. The largest absolute Gasteiger partial charge is 0.494 e. The van der Waals surface area contributed by atoms with Crippen molar-refractivity contribution in [2.75, 3.05) is 18.1 Å². The van der Waals surface area contributed by atoms with Gasteiger partial charge in [-0.2, -0.15) is 0 Å². The van der Waals surface area contributed by atoms with Crippen LogP contribution in [0.2, 0.25) is 0 Å². The van der Waals surface area contributed by atoms with Gasteiger partial charge in [0.2, 0.25) is 9.84 Å². The second-order valence-electron chi connectivity index (χ2n) is 14.2. The van der Waals surface area contributed by atoms with Crippen molar-refractivity contribution >= 4 is 33.0 Å². The third-order valence-corrected chi connectivity index (χ3v) is 12.5. The molecule has 284 valence electrons. The molecule has 1 aliphatic rings. The highest BCUT2D eigenvalue weighted by atomic mass is 32.2. The third kappa shape index (κ3) is 7.49. The lowest BCUT2D eigenvalue weighted by Crippen LogP contribution is -2.37. The first-order valence-electron chi connectivity index (χ1n) is 19.5. The van der Waals surface area contributed by atoms with Crippen molar-refractivity contribution in [3.05, 3.63) is 216 Å². The van der Waals surface area contributed by atoms with Crippen LogP contribution >= 0.6 is 0 Å². The molecular weight excluding hydrogens is 723 g/mol. The Balaban J connectivity index is 0.961. The van der Waals surface area contributed by atoms with E-state index in [-0.39, 0.29) is 9.79 Å². The van der Waals surface area contributed by atoms with Gasteiger partial charge in [-0.3, -0.25) is 0 Å². The van der Waals surface area contributed by atoms with E-state index in [1.165, 1.54) is 11.1 Å². The Labute approximate surface area is 336 Å². The fraction of sp³-hybridized carbons (Fsp3) is 0.137. The first-order chi connectivity index (χ1) is 28.0. The van der Waals surface area contributed by atoms with Crippen molar-refractivity contribution in [2.24, 2.45) is 0 Å². The maximum absolute atomic E-state index is 13.9. The molecule has 1 heterocycles. The van der Waals surface area contributed by atoms with E-state index in [0.29, 0.717) is 19.0 Å². The molecule has 0 aliphatic carbocycles. The average Bonchev–Trinajstić information content (AvgIpc) is 3.27. The minimum absolute atomic E-state index is 0.228. The Morgan fingerprint density at radius 1 is 0.491 bits per heavy atom. The molecule has 7 aromatic carbocycles. The van der Waals surface area contributed by atoms with Crippen molar-refractivity contribution in [1.29, 1.82) is 0 Å². The molecule has 0 unspecified atom stereocenters. The number of anilines is 3. The SMILES string of the molecule is C=Cc1ccc(OCCCCCCOc2ccc(S(=O)(=O)c3ccc(N4c5ccccc5C(c5ccccc5)(c5ccccc5)c5ccccc54)cc3)cc2)cc1. The van der Waals surface area contributed by atoms with Crippen molar-refractivity contribution in [2.45, 2.75) is 40.9 Å². The summed E-state index contributed by atoms with van der Waals surface area (Å²) in [6.07, 6.45) is 5.77. The Bertz CT molecular complexity index is 2450. The number of hydrogen-bond acceptors (Lipinski definition) is 5. The number of sulfone groups is 1. The summed E-state index contributed by atoms with van der Waals surface area (Å²) in [4.78, 5) is 2.71. The second-order valence-corrected chi connectivity index (χ2v) is 16.2. The lowest BCUT2D eigenvalue weighted by Gasteiger charge is -2.46. The number of hydrogen-bond donors (Lipinski definition) is 0. The van der Waals surface area contributed by atoms with Crippen molar-refractivity contribution in [1.82, 2.24) is 0 Å². The second kappa shape index (κ2) is 16.8. The summed E-state index contributed by atoms with van der Waals surface area (Å²) in [5, 5.41) is 0. The molecule has 0 aromatic heterocycles. The molecule has 0 spiro atoms. The van der Waals surface area contributed by atoms with Gasteiger partial charge in [0.05, 0.1) is 39.8 Å². The Hall–Kier alpha value is -6.37. The molecular formula is C51H45NO4S. The number of para-hydroxylation sites is 2. The van der Waals surface area contributed by atoms with E-state index in [1.54, 1.807) is 36.4 Å².